The fraction of sp³-hybridized carbons (Fsp3) is 0. The van der Waals surface area contributed by atoms with Crippen molar-refractivity contribution in [2.45, 2.75) is 0 Å². The van der Waals surface area contributed by atoms with Gasteiger partial charge in [0, 0.05) is 27.7 Å². The molecule has 0 radical (unpaired) electrons. The molecule has 0 aliphatic heterocycles. The molecule has 2 N–H and O–H groups in total. The van der Waals surface area contributed by atoms with Crippen LogP contribution >= 0.6 is 0 Å². The molecular weight excluding hydrogens is 242 g/mol. The van der Waals surface area contributed by atoms with Crippen LogP contribution in [0.1, 0.15) is 10.5 Å². The predicted octanol–water partition coefficient (Wildman–Crippen LogP) is 3.77. The van der Waals surface area contributed by atoms with Gasteiger partial charge >= 0.3 is 5.97 Å². The van der Waals surface area contributed by atoms with E-state index in [1.165, 1.54) is 0 Å². The monoisotopic (exact) mass is 251 g/mol. The maximum absolute atomic E-state index is 11.0. The van der Waals surface area contributed by atoms with E-state index in [1.807, 2.05) is 36.4 Å². The number of hydrogen-bond donors (Lipinski definition) is 2. The number of aromatic nitrogens is 1. The maximum atomic E-state index is 11.0. The molecule has 0 atom stereocenters. The van der Waals surface area contributed by atoms with E-state index in [9.17, 15) is 4.79 Å². The molecule has 0 saturated heterocycles. The van der Waals surface area contributed by atoms with E-state index in [0.717, 1.165) is 32.8 Å². The smallest absolute Gasteiger partial charge is 0.352 e. The van der Waals surface area contributed by atoms with E-state index < -0.39 is 5.97 Å². The lowest BCUT2D eigenvalue weighted by Crippen LogP contribution is -1.94. The summed E-state index contributed by atoms with van der Waals surface area (Å²) in [5.41, 5.74) is 2.55. The number of hydrogen-bond acceptors (Lipinski definition) is 2. The van der Waals surface area contributed by atoms with Gasteiger partial charge in [-0.15, -0.1) is 0 Å². The molecule has 92 valence electrons. The molecular formula is C15H9NO3. The number of H-pyrrole nitrogens is 1. The summed E-state index contributed by atoms with van der Waals surface area (Å²) in [4.78, 5) is 13.8. The molecule has 4 aromatic rings. The van der Waals surface area contributed by atoms with E-state index in [2.05, 4.69) is 4.98 Å². The summed E-state index contributed by atoms with van der Waals surface area (Å²) in [6.45, 7) is 0. The minimum atomic E-state index is -0.960. The Hall–Kier alpha value is -2.75. The van der Waals surface area contributed by atoms with Gasteiger partial charge in [0.25, 0.3) is 0 Å². The molecule has 0 aliphatic carbocycles. The summed E-state index contributed by atoms with van der Waals surface area (Å²) >= 11 is 0. The Balaban J connectivity index is 2.14. The molecule has 0 bridgehead atoms. The topological polar surface area (TPSA) is 66.2 Å². The second-order valence-corrected chi connectivity index (χ2v) is 4.52. The van der Waals surface area contributed by atoms with Crippen molar-refractivity contribution >= 4 is 38.8 Å². The molecule has 4 rings (SSSR count). The molecule has 0 saturated carbocycles. The van der Waals surface area contributed by atoms with Gasteiger partial charge < -0.3 is 14.5 Å². The van der Waals surface area contributed by atoms with Crippen LogP contribution in [0.5, 0.6) is 0 Å². The zero-order valence-electron chi connectivity index (χ0n) is 9.81. The number of furan rings is 1. The highest BCUT2D eigenvalue weighted by atomic mass is 16.4. The molecule has 2 aromatic carbocycles. The number of benzene rings is 2. The van der Waals surface area contributed by atoms with Crippen molar-refractivity contribution in [2.24, 2.45) is 0 Å². The molecule has 0 aliphatic rings. The normalized spacial score (nSPS) is 11.6. The van der Waals surface area contributed by atoms with Crippen molar-refractivity contribution in [2.75, 3.05) is 0 Å². The Morgan fingerprint density at radius 2 is 1.89 bits per heavy atom. The molecule has 2 aromatic heterocycles. The van der Waals surface area contributed by atoms with Crippen molar-refractivity contribution in [1.82, 2.24) is 4.98 Å². The molecule has 4 nitrogen and oxygen atoms in total. The summed E-state index contributed by atoms with van der Waals surface area (Å²) in [7, 11) is 0. The largest absolute Gasteiger partial charge is 0.477 e. The first-order chi connectivity index (χ1) is 9.22. The van der Waals surface area contributed by atoms with Crippen LogP contribution in [0.25, 0.3) is 32.8 Å². The second kappa shape index (κ2) is 3.38. The molecule has 0 fully saturated rings. The van der Waals surface area contributed by atoms with Crippen LogP contribution in [-0.2, 0) is 0 Å². The van der Waals surface area contributed by atoms with E-state index >= 15 is 0 Å². The minimum absolute atomic E-state index is 0.187. The first-order valence-electron chi connectivity index (χ1n) is 5.90. The lowest BCUT2D eigenvalue weighted by atomic mass is 10.1. The van der Waals surface area contributed by atoms with Gasteiger partial charge in [-0.05, 0) is 18.2 Å². The van der Waals surface area contributed by atoms with Gasteiger partial charge in [0.1, 0.15) is 16.9 Å². The predicted molar refractivity (Wildman–Crippen MR) is 72.5 cm³/mol. The maximum Gasteiger partial charge on any atom is 0.352 e. The average Bonchev–Trinajstić information content (AvgIpc) is 2.96. The van der Waals surface area contributed by atoms with Crippen LogP contribution < -0.4 is 0 Å². The minimum Gasteiger partial charge on any atom is -0.477 e. The standard InChI is InChI=1S/C15H9NO3/c17-15(18)12-6-8-5-10-9-3-1-2-4-13(9)19-14(10)7-11(8)16-12/h1-7,16H,(H,17,18). The Morgan fingerprint density at radius 1 is 1.05 bits per heavy atom. The van der Waals surface area contributed by atoms with Crippen molar-refractivity contribution in [3.05, 3.63) is 48.2 Å². The van der Waals surface area contributed by atoms with Crippen LogP contribution in [0.3, 0.4) is 0 Å². The van der Waals surface area contributed by atoms with Gasteiger partial charge in [0.05, 0.1) is 0 Å². The third kappa shape index (κ3) is 1.37. The molecule has 0 amide bonds. The highest BCUT2D eigenvalue weighted by molar-refractivity contribution is 6.10. The number of aromatic carboxylic acids is 1. The molecule has 0 unspecified atom stereocenters. The number of carbonyl (C=O) groups is 1. The van der Waals surface area contributed by atoms with Crippen LogP contribution in [0.15, 0.2) is 46.9 Å². The number of rotatable bonds is 1. The Bertz CT molecular complexity index is 946. The quantitative estimate of drug-likeness (QED) is 0.541. The number of aromatic amines is 1. The number of para-hydroxylation sites is 1. The van der Waals surface area contributed by atoms with Gasteiger partial charge in [-0.3, -0.25) is 0 Å². The average molecular weight is 251 g/mol. The second-order valence-electron chi connectivity index (χ2n) is 4.52. The van der Waals surface area contributed by atoms with Crippen molar-refractivity contribution < 1.29 is 14.3 Å². The van der Waals surface area contributed by atoms with Crippen LogP contribution in [0.2, 0.25) is 0 Å². The van der Waals surface area contributed by atoms with Gasteiger partial charge in [-0.1, -0.05) is 18.2 Å². The molecule has 4 heteroatoms. The van der Waals surface area contributed by atoms with E-state index in [0.29, 0.717) is 0 Å². The van der Waals surface area contributed by atoms with Crippen molar-refractivity contribution in [1.29, 1.82) is 0 Å². The zero-order chi connectivity index (χ0) is 13.0. The fourth-order valence-corrected chi connectivity index (χ4v) is 2.47. The van der Waals surface area contributed by atoms with Crippen molar-refractivity contribution in [3.63, 3.8) is 0 Å². The summed E-state index contributed by atoms with van der Waals surface area (Å²) in [5.74, 6) is -0.960. The number of nitrogens with one attached hydrogen (secondary N) is 1. The molecule has 0 spiro atoms. The van der Waals surface area contributed by atoms with Gasteiger partial charge in [-0.2, -0.15) is 0 Å². The zero-order valence-corrected chi connectivity index (χ0v) is 9.81. The van der Waals surface area contributed by atoms with Crippen LogP contribution in [0.4, 0.5) is 0 Å². The third-order valence-electron chi connectivity index (χ3n) is 3.35. The number of carboxylic acid groups (broad SMARTS) is 1. The Labute approximate surface area is 107 Å². The van der Waals surface area contributed by atoms with Gasteiger partial charge in [0.15, 0.2) is 0 Å². The van der Waals surface area contributed by atoms with Crippen LogP contribution in [0, 0.1) is 0 Å². The van der Waals surface area contributed by atoms with Crippen LogP contribution in [-0.4, -0.2) is 16.1 Å². The fourth-order valence-electron chi connectivity index (χ4n) is 2.47. The third-order valence-corrected chi connectivity index (χ3v) is 3.35. The SMILES string of the molecule is O=C(O)c1cc2cc3c(cc2[nH]1)oc1ccccc13. The van der Waals surface area contributed by atoms with E-state index in [1.54, 1.807) is 6.07 Å². The summed E-state index contributed by atoms with van der Waals surface area (Å²) in [5, 5.41) is 11.9. The number of carboxylic acids is 1. The summed E-state index contributed by atoms with van der Waals surface area (Å²) < 4.78 is 5.76. The lowest BCUT2D eigenvalue weighted by Gasteiger charge is -1.90. The first kappa shape index (κ1) is 10.2. The Morgan fingerprint density at radius 3 is 2.74 bits per heavy atom. The highest BCUT2D eigenvalue weighted by Gasteiger charge is 2.11. The summed E-state index contributed by atoms with van der Waals surface area (Å²) in [6.07, 6.45) is 0. The highest BCUT2D eigenvalue weighted by Crippen LogP contribution is 2.32. The first-order valence-corrected chi connectivity index (χ1v) is 5.90. The van der Waals surface area contributed by atoms with Gasteiger partial charge in [-0.25, -0.2) is 4.79 Å². The van der Waals surface area contributed by atoms with E-state index in [4.69, 9.17) is 9.52 Å². The molecule has 2 heterocycles. The van der Waals surface area contributed by atoms with E-state index in [-0.39, 0.29) is 5.69 Å². The van der Waals surface area contributed by atoms with Crippen molar-refractivity contribution in [3.8, 4) is 0 Å². The Kier molecular flexibility index (Phi) is 1.82. The number of fused-ring (bicyclic) bond motifs is 4. The molecule has 19 heavy (non-hydrogen) atoms. The lowest BCUT2D eigenvalue weighted by molar-refractivity contribution is 0.0691. The summed E-state index contributed by atoms with van der Waals surface area (Å²) in [6, 6.07) is 13.2. The van der Waals surface area contributed by atoms with Gasteiger partial charge in [0.2, 0.25) is 0 Å².